The topological polar surface area (TPSA) is 27.3 Å². The van der Waals surface area contributed by atoms with Crippen LogP contribution in [0.2, 0.25) is 0 Å². The Labute approximate surface area is 88.2 Å². The highest BCUT2D eigenvalue weighted by Gasteiger charge is 2.22. The van der Waals surface area contributed by atoms with Crippen molar-refractivity contribution >= 4 is 0 Å². The van der Waals surface area contributed by atoms with Crippen molar-refractivity contribution in [3.8, 4) is 0 Å². The van der Waals surface area contributed by atoms with Gasteiger partial charge in [0.1, 0.15) is 0 Å². The van der Waals surface area contributed by atoms with Gasteiger partial charge in [0, 0.05) is 38.3 Å². The molecule has 1 heterocycles. The molecule has 0 saturated carbocycles. The highest BCUT2D eigenvalue weighted by Crippen LogP contribution is 2.09. The molecule has 2 unspecified atom stereocenters. The molecule has 14 heavy (non-hydrogen) atoms. The number of hydrogen-bond acceptors (Lipinski definition) is 3. The van der Waals surface area contributed by atoms with Crippen molar-refractivity contribution in [3.63, 3.8) is 0 Å². The summed E-state index contributed by atoms with van der Waals surface area (Å²) in [5, 5.41) is 6.83. The van der Waals surface area contributed by atoms with Crippen LogP contribution in [0.1, 0.15) is 26.7 Å². The maximum atomic E-state index is 3.44. The van der Waals surface area contributed by atoms with Gasteiger partial charge in [-0.1, -0.05) is 13.3 Å². The van der Waals surface area contributed by atoms with Gasteiger partial charge in [-0.05, 0) is 20.4 Å². The molecule has 0 bridgehead atoms. The molecule has 3 nitrogen and oxygen atoms in total. The number of likely N-dealkylation sites (N-methyl/N-ethyl adjacent to an activating group) is 1. The monoisotopic (exact) mass is 199 g/mol. The molecule has 3 heteroatoms. The fourth-order valence-corrected chi connectivity index (χ4v) is 2.28. The molecule has 2 N–H and O–H groups in total. The van der Waals surface area contributed by atoms with Crippen LogP contribution in [0, 0.1) is 0 Å². The molecular weight excluding hydrogens is 174 g/mol. The summed E-state index contributed by atoms with van der Waals surface area (Å²) < 4.78 is 0. The first-order valence-corrected chi connectivity index (χ1v) is 5.91. The standard InChI is InChI=1S/C11H25N3/c1-4-5-11(12-3)10(2)14-8-6-13-7-9-14/h10-13H,4-9H2,1-3H3. The van der Waals surface area contributed by atoms with E-state index < -0.39 is 0 Å². The lowest BCUT2D eigenvalue weighted by molar-refractivity contribution is 0.149. The quantitative estimate of drug-likeness (QED) is 0.681. The number of nitrogens with one attached hydrogen (secondary N) is 2. The maximum absolute atomic E-state index is 3.44. The zero-order valence-corrected chi connectivity index (χ0v) is 9.84. The molecule has 0 aromatic heterocycles. The largest absolute Gasteiger partial charge is 0.315 e. The Morgan fingerprint density at radius 3 is 2.50 bits per heavy atom. The van der Waals surface area contributed by atoms with Gasteiger partial charge in [0.25, 0.3) is 0 Å². The Balaban J connectivity index is 2.38. The maximum Gasteiger partial charge on any atom is 0.0222 e. The number of hydrogen-bond donors (Lipinski definition) is 2. The molecule has 1 fully saturated rings. The Kier molecular flexibility index (Phi) is 5.45. The molecule has 1 rings (SSSR count). The van der Waals surface area contributed by atoms with Gasteiger partial charge in [-0.2, -0.15) is 0 Å². The van der Waals surface area contributed by atoms with Gasteiger partial charge in [0.2, 0.25) is 0 Å². The molecular formula is C11H25N3. The van der Waals surface area contributed by atoms with Gasteiger partial charge < -0.3 is 10.6 Å². The molecule has 0 aliphatic carbocycles. The summed E-state index contributed by atoms with van der Waals surface area (Å²) in [5.74, 6) is 0. The van der Waals surface area contributed by atoms with Crippen LogP contribution in [-0.4, -0.2) is 50.2 Å². The van der Waals surface area contributed by atoms with E-state index in [-0.39, 0.29) is 0 Å². The molecule has 0 aromatic carbocycles. The van der Waals surface area contributed by atoms with E-state index in [1.165, 1.54) is 25.9 Å². The minimum absolute atomic E-state index is 0.651. The molecule has 0 spiro atoms. The van der Waals surface area contributed by atoms with Crippen molar-refractivity contribution in [2.24, 2.45) is 0 Å². The second-order valence-electron chi connectivity index (χ2n) is 4.21. The van der Waals surface area contributed by atoms with E-state index >= 15 is 0 Å². The zero-order valence-electron chi connectivity index (χ0n) is 9.84. The summed E-state index contributed by atoms with van der Waals surface area (Å²) in [6.07, 6.45) is 2.55. The van der Waals surface area contributed by atoms with Crippen molar-refractivity contribution in [1.82, 2.24) is 15.5 Å². The molecule has 0 aromatic rings. The lowest BCUT2D eigenvalue weighted by Crippen LogP contribution is -2.53. The van der Waals surface area contributed by atoms with Crippen LogP contribution in [0.3, 0.4) is 0 Å². The van der Waals surface area contributed by atoms with Crippen molar-refractivity contribution < 1.29 is 0 Å². The summed E-state index contributed by atoms with van der Waals surface area (Å²) in [5.41, 5.74) is 0. The summed E-state index contributed by atoms with van der Waals surface area (Å²) in [4.78, 5) is 2.59. The van der Waals surface area contributed by atoms with Crippen molar-refractivity contribution in [2.75, 3.05) is 33.2 Å². The SMILES string of the molecule is CCCC(NC)C(C)N1CCNCC1. The van der Waals surface area contributed by atoms with Crippen LogP contribution in [0.25, 0.3) is 0 Å². The summed E-state index contributed by atoms with van der Waals surface area (Å²) in [7, 11) is 2.08. The van der Waals surface area contributed by atoms with Gasteiger partial charge >= 0.3 is 0 Å². The highest BCUT2D eigenvalue weighted by atomic mass is 15.2. The first-order valence-electron chi connectivity index (χ1n) is 5.91. The molecule has 84 valence electrons. The lowest BCUT2D eigenvalue weighted by Gasteiger charge is -2.37. The highest BCUT2D eigenvalue weighted by molar-refractivity contribution is 4.82. The number of rotatable bonds is 5. The summed E-state index contributed by atoms with van der Waals surface area (Å²) in [6, 6.07) is 1.32. The van der Waals surface area contributed by atoms with Crippen LogP contribution in [0.15, 0.2) is 0 Å². The minimum Gasteiger partial charge on any atom is -0.315 e. The van der Waals surface area contributed by atoms with Crippen LogP contribution in [-0.2, 0) is 0 Å². The number of piperazine rings is 1. The Morgan fingerprint density at radius 2 is 2.00 bits per heavy atom. The Morgan fingerprint density at radius 1 is 1.36 bits per heavy atom. The molecule has 0 radical (unpaired) electrons. The van der Waals surface area contributed by atoms with Gasteiger partial charge in [0.15, 0.2) is 0 Å². The fraction of sp³-hybridized carbons (Fsp3) is 1.00. The third-order valence-corrected chi connectivity index (χ3v) is 3.28. The van der Waals surface area contributed by atoms with E-state index in [9.17, 15) is 0 Å². The molecule has 1 aliphatic rings. The van der Waals surface area contributed by atoms with Crippen LogP contribution in [0.5, 0.6) is 0 Å². The van der Waals surface area contributed by atoms with Gasteiger partial charge in [-0.25, -0.2) is 0 Å². The van der Waals surface area contributed by atoms with Gasteiger partial charge in [-0.3, -0.25) is 4.90 Å². The minimum atomic E-state index is 0.651. The van der Waals surface area contributed by atoms with Crippen LogP contribution in [0.4, 0.5) is 0 Å². The average molecular weight is 199 g/mol. The van der Waals surface area contributed by atoms with E-state index in [1.807, 2.05) is 0 Å². The van der Waals surface area contributed by atoms with E-state index in [2.05, 4.69) is 36.4 Å². The summed E-state index contributed by atoms with van der Waals surface area (Å²) in [6.45, 7) is 9.29. The van der Waals surface area contributed by atoms with Crippen molar-refractivity contribution in [1.29, 1.82) is 0 Å². The zero-order chi connectivity index (χ0) is 10.4. The predicted octanol–water partition coefficient (Wildman–Crippen LogP) is 0.668. The molecule has 0 amide bonds. The Hall–Kier alpha value is -0.120. The first kappa shape index (κ1) is 12.0. The third kappa shape index (κ3) is 3.23. The summed E-state index contributed by atoms with van der Waals surface area (Å²) >= 11 is 0. The van der Waals surface area contributed by atoms with Crippen molar-refractivity contribution in [2.45, 2.75) is 38.8 Å². The average Bonchev–Trinajstić information content (AvgIpc) is 2.26. The van der Waals surface area contributed by atoms with Gasteiger partial charge in [-0.15, -0.1) is 0 Å². The first-order chi connectivity index (χ1) is 6.79. The van der Waals surface area contributed by atoms with E-state index in [0.29, 0.717) is 12.1 Å². The van der Waals surface area contributed by atoms with E-state index in [4.69, 9.17) is 0 Å². The van der Waals surface area contributed by atoms with Crippen molar-refractivity contribution in [3.05, 3.63) is 0 Å². The lowest BCUT2D eigenvalue weighted by atomic mass is 10.0. The molecule has 1 saturated heterocycles. The van der Waals surface area contributed by atoms with Crippen LogP contribution < -0.4 is 10.6 Å². The third-order valence-electron chi connectivity index (χ3n) is 3.28. The normalized spacial score (nSPS) is 23.4. The fourth-order valence-electron chi connectivity index (χ4n) is 2.28. The van der Waals surface area contributed by atoms with Gasteiger partial charge in [0.05, 0.1) is 0 Å². The van der Waals surface area contributed by atoms with Crippen LogP contribution >= 0.6 is 0 Å². The van der Waals surface area contributed by atoms with E-state index in [1.54, 1.807) is 0 Å². The number of nitrogens with zero attached hydrogens (tertiary/aromatic N) is 1. The molecule has 2 atom stereocenters. The Bertz CT molecular complexity index is 139. The molecule has 1 aliphatic heterocycles. The van der Waals surface area contributed by atoms with E-state index in [0.717, 1.165) is 13.1 Å². The second kappa shape index (κ2) is 6.38. The second-order valence-corrected chi connectivity index (χ2v) is 4.21. The predicted molar refractivity (Wildman–Crippen MR) is 61.7 cm³/mol. The smallest absolute Gasteiger partial charge is 0.0222 e.